The summed E-state index contributed by atoms with van der Waals surface area (Å²) in [6.45, 7) is 3.26. The van der Waals surface area contributed by atoms with Crippen molar-refractivity contribution in [3.05, 3.63) is 84.2 Å². The largest absolute Gasteiger partial charge is 0.508 e. The summed E-state index contributed by atoms with van der Waals surface area (Å²) in [6, 6.07) is 20.5. The van der Waals surface area contributed by atoms with Gasteiger partial charge in [0.2, 0.25) is 0 Å². The topological polar surface area (TPSA) is 115 Å². The number of aliphatic hydroxyl groups excluding tert-OH is 1. The number of carbonyl (C=O) groups excluding carboxylic acids is 1. The van der Waals surface area contributed by atoms with Crippen LogP contribution in [0.15, 0.2) is 72.8 Å². The number of halogens is 1. The lowest BCUT2D eigenvalue weighted by molar-refractivity contribution is 0.105. The summed E-state index contributed by atoms with van der Waals surface area (Å²) in [5.41, 5.74) is 1.86. The quantitative estimate of drug-likeness (QED) is 0.205. The highest BCUT2D eigenvalue weighted by Crippen LogP contribution is 2.20. The number of ether oxygens (including phenoxy) is 2. The molecule has 5 N–H and O–H groups in total. The molecule has 3 aromatic carbocycles. The lowest BCUT2D eigenvalue weighted by Crippen LogP contribution is -2.46. The molecule has 0 bridgehead atoms. The van der Waals surface area contributed by atoms with Gasteiger partial charge in [0, 0.05) is 44.5 Å². The van der Waals surface area contributed by atoms with Crippen LogP contribution in [0, 0.1) is 5.82 Å². The number of likely N-dealkylation sites (tertiary alicyclic amines) is 1. The van der Waals surface area contributed by atoms with Crippen LogP contribution < -0.4 is 25.4 Å². The van der Waals surface area contributed by atoms with Crippen LogP contribution in [0.4, 0.5) is 14.9 Å². The van der Waals surface area contributed by atoms with E-state index in [0.29, 0.717) is 45.1 Å². The number of hydrogen-bond donors (Lipinski definition) is 5. The third-order valence-electron chi connectivity index (χ3n) is 6.57. The fourth-order valence-electron chi connectivity index (χ4n) is 4.31. The second kappa shape index (κ2) is 14.9. The number of anilines is 1. The van der Waals surface area contributed by atoms with E-state index in [0.717, 1.165) is 29.8 Å². The molecule has 0 aliphatic carbocycles. The van der Waals surface area contributed by atoms with Crippen LogP contribution in [0.1, 0.15) is 18.4 Å². The number of phenolic OH excluding ortho intramolecular Hbond substituents is 1. The molecule has 4 rings (SSSR count). The molecule has 0 saturated carbocycles. The van der Waals surface area contributed by atoms with Crippen molar-refractivity contribution in [2.75, 3.05) is 44.7 Å². The maximum absolute atomic E-state index is 13.0. The lowest BCUT2D eigenvalue weighted by atomic mass is 10.0. The molecule has 1 atom stereocenters. The molecule has 3 aromatic rings. The summed E-state index contributed by atoms with van der Waals surface area (Å²) in [5, 5.41) is 28.9. The summed E-state index contributed by atoms with van der Waals surface area (Å²) in [4.78, 5) is 14.3. The molecule has 214 valence electrons. The number of hydrogen-bond acceptors (Lipinski definition) is 7. The maximum Gasteiger partial charge on any atom is 0.317 e. The van der Waals surface area contributed by atoms with Crippen molar-refractivity contribution in [3.63, 3.8) is 0 Å². The molecule has 9 nitrogen and oxygen atoms in total. The van der Waals surface area contributed by atoms with Crippen LogP contribution >= 0.6 is 0 Å². The van der Waals surface area contributed by atoms with Gasteiger partial charge in [-0.3, -0.25) is 0 Å². The molecule has 0 unspecified atom stereocenters. The molecule has 0 aromatic heterocycles. The van der Waals surface area contributed by atoms with Crippen LogP contribution in [0.2, 0.25) is 0 Å². The first kappa shape index (κ1) is 29.0. The zero-order valence-electron chi connectivity index (χ0n) is 22.4. The smallest absolute Gasteiger partial charge is 0.317 e. The predicted molar refractivity (Wildman–Crippen MR) is 151 cm³/mol. The Morgan fingerprint density at radius 3 is 2.30 bits per heavy atom. The Hall–Kier alpha value is -4.02. The molecule has 0 spiro atoms. The molecule has 1 saturated heterocycles. The summed E-state index contributed by atoms with van der Waals surface area (Å²) in [6.07, 6.45) is 1.03. The zero-order valence-corrected chi connectivity index (χ0v) is 22.4. The minimum atomic E-state index is -0.665. The molecule has 40 heavy (non-hydrogen) atoms. The summed E-state index contributed by atoms with van der Waals surface area (Å²) >= 11 is 0. The third kappa shape index (κ3) is 9.62. The second-order valence-electron chi connectivity index (χ2n) is 9.73. The van der Waals surface area contributed by atoms with Crippen LogP contribution in [0.25, 0.3) is 0 Å². The number of aliphatic hydroxyl groups is 1. The van der Waals surface area contributed by atoms with Crippen molar-refractivity contribution < 1.29 is 28.9 Å². The van der Waals surface area contributed by atoms with Gasteiger partial charge in [0.05, 0.1) is 0 Å². The molecule has 0 radical (unpaired) electrons. The Morgan fingerprint density at radius 1 is 0.950 bits per heavy atom. The van der Waals surface area contributed by atoms with Crippen LogP contribution in [0.3, 0.4) is 0 Å². The van der Waals surface area contributed by atoms with E-state index in [1.165, 1.54) is 24.3 Å². The van der Waals surface area contributed by atoms with Crippen molar-refractivity contribution in [2.45, 2.75) is 31.5 Å². The van der Waals surface area contributed by atoms with Crippen LogP contribution in [-0.2, 0) is 6.54 Å². The second-order valence-corrected chi connectivity index (χ2v) is 9.73. The van der Waals surface area contributed by atoms with Crippen molar-refractivity contribution >= 4 is 11.7 Å². The predicted octanol–water partition coefficient (Wildman–Crippen LogP) is 3.73. The van der Waals surface area contributed by atoms with E-state index in [1.807, 2.05) is 29.2 Å². The van der Waals surface area contributed by atoms with E-state index in [2.05, 4.69) is 16.0 Å². The van der Waals surface area contributed by atoms with Crippen molar-refractivity contribution in [1.82, 2.24) is 15.5 Å². The fraction of sp³-hybridized carbons (Fsp3) is 0.367. The average Bonchev–Trinajstić information content (AvgIpc) is 2.97. The van der Waals surface area contributed by atoms with Crippen LogP contribution in [-0.4, -0.2) is 72.7 Å². The van der Waals surface area contributed by atoms with Gasteiger partial charge in [0.1, 0.15) is 42.4 Å². The minimum Gasteiger partial charge on any atom is -0.508 e. The number of phenols is 1. The van der Waals surface area contributed by atoms with Gasteiger partial charge in [0.15, 0.2) is 0 Å². The third-order valence-corrected chi connectivity index (χ3v) is 6.57. The molecule has 2 amide bonds. The van der Waals surface area contributed by atoms with Gasteiger partial charge in [-0.1, -0.05) is 12.1 Å². The lowest BCUT2D eigenvalue weighted by Gasteiger charge is -2.33. The van der Waals surface area contributed by atoms with Gasteiger partial charge in [-0.15, -0.1) is 0 Å². The Bertz CT molecular complexity index is 1170. The fourth-order valence-corrected chi connectivity index (χ4v) is 4.31. The molecule has 1 heterocycles. The number of nitrogens with zero attached hydrogens (tertiary/aromatic N) is 1. The first-order valence-electron chi connectivity index (χ1n) is 13.5. The standard InChI is InChI=1S/C30H37FN4O5/c31-23-3-1-22(2-4-23)19-33-30(38)35-16-13-25(14-17-35)34-24-5-9-28(10-6-24)39-18-15-32-20-27(37)21-40-29-11-7-26(36)8-12-29/h1-12,25,27,32,34,36-37H,13-21H2,(H,33,38)/t27-/m0/s1. The van der Waals surface area contributed by atoms with Gasteiger partial charge in [0.25, 0.3) is 0 Å². The normalized spacial score (nSPS) is 14.4. The Balaban J connectivity index is 1.06. The van der Waals surface area contributed by atoms with E-state index in [-0.39, 0.29) is 30.2 Å². The monoisotopic (exact) mass is 552 g/mol. The highest BCUT2D eigenvalue weighted by Gasteiger charge is 2.22. The van der Waals surface area contributed by atoms with Crippen molar-refractivity contribution in [2.24, 2.45) is 0 Å². The average molecular weight is 553 g/mol. The number of nitrogens with one attached hydrogen (secondary N) is 3. The highest BCUT2D eigenvalue weighted by atomic mass is 19.1. The number of amides is 2. The summed E-state index contributed by atoms with van der Waals surface area (Å²) in [5.74, 6) is 1.23. The summed E-state index contributed by atoms with van der Waals surface area (Å²) < 4.78 is 24.3. The van der Waals surface area contributed by atoms with E-state index < -0.39 is 6.10 Å². The minimum absolute atomic E-state index is 0.101. The van der Waals surface area contributed by atoms with Gasteiger partial charge < -0.3 is 40.5 Å². The highest BCUT2D eigenvalue weighted by molar-refractivity contribution is 5.74. The van der Waals surface area contributed by atoms with Crippen molar-refractivity contribution in [1.29, 1.82) is 0 Å². The number of benzene rings is 3. The first-order chi connectivity index (χ1) is 19.4. The first-order valence-corrected chi connectivity index (χ1v) is 13.5. The van der Waals surface area contributed by atoms with Gasteiger partial charge in [-0.2, -0.15) is 0 Å². The number of piperidine rings is 1. The molecule has 10 heteroatoms. The molecule has 1 aliphatic rings. The van der Waals surface area contributed by atoms with E-state index in [1.54, 1.807) is 24.3 Å². The Morgan fingerprint density at radius 2 is 1.60 bits per heavy atom. The Labute approximate surface area is 233 Å². The van der Waals surface area contributed by atoms with Crippen LogP contribution in [0.5, 0.6) is 17.2 Å². The maximum atomic E-state index is 13.0. The molecular formula is C30H37FN4O5. The number of rotatable bonds is 13. The Kier molecular flexibility index (Phi) is 10.8. The molecule has 1 aliphatic heterocycles. The van der Waals surface area contributed by atoms with Gasteiger partial charge >= 0.3 is 6.03 Å². The number of carbonyl (C=O) groups is 1. The van der Waals surface area contributed by atoms with E-state index >= 15 is 0 Å². The molecule has 1 fully saturated rings. The number of aromatic hydroxyl groups is 1. The zero-order chi connectivity index (χ0) is 28.2. The van der Waals surface area contributed by atoms with Gasteiger partial charge in [-0.25, -0.2) is 9.18 Å². The molecular weight excluding hydrogens is 515 g/mol. The summed E-state index contributed by atoms with van der Waals surface area (Å²) in [7, 11) is 0. The van der Waals surface area contributed by atoms with E-state index in [9.17, 15) is 19.4 Å². The van der Waals surface area contributed by atoms with Crippen molar-refractivity contribution in [3.8, 4) is 17.2 Å². The number of urea groups is 1. The SMILES string of the molecule is O=C(NCc1ccc(F)cc1)N1CCC(Nc2ccc(OCCNC[C@H](O)COc3ccc(O)cc3)cc2)CC1. The van der Waals surface area contributed by atoms with E-state index in [4.69, 9.17) is 9.47 Å². The van der Waals surface area contributed by atoms with Gasteiger partial charge in [-0.05, 0) is 79.1 Å².